The van der Waals surface area contributed by atoms with Crippen molar-refractivity contribution in [2.75, 3.05) is 23.1 Å². The van der Waals surface area contributed by atoms with Gasteiger partial charge in [0.15, 0.2) is 0 Å². The average molecular weight is 390 g/mol. The number of nitrogens with zero attached hydrogens (tertiary/aromatic N) is 1. The van der Waals surface area contributed by atoms with Crippen LogP contribution in [-0.4, -0.2) is 23.9 Å². The molecule has 0 unspecified atom stereocenters. The van der Waals surface area contributed by atoms with Crippen LogP contribution in [0.3, 0.4) is 0 Å². The van der Waals surface area contributed by atoms with Gasteiger partial charge in [0, 0.05) is 24.8 Å². The van der Waals surface area contributed by atoms with E-state index in [9.17, 15) is 9.59 Å². The van der Waals surface area contributed by atoms with Crippen molar-refractivity contribution in [3.05, 3.63) is 78.1 Å². The molecule has 7 nitrogen and oxygen atoms in total. The molecule has 0 aliphatic heterocycles. The summed E-state index contributed by atoms with van der Waals surface area (Å²) in [6.45, 7) is 2.08. The van der Waals surface area contributed by atoms with Gasteiger partial charge < -0.3 is 20.7 Å². The Kier molecular flexibility index (Phi) is 6.42. The van der Waals surface area contributed by atoms with Crippen LogP contribution in [0.4, 0.5) is 17.1 Å². The Labute approximate surface area is 169 Å². The van der Waals surface area contributed by atoms with Gasteiger partial charge in [-0.2, -0.15) is 0 Å². The van der Waals surface area contributed by atoms with Crippen molar-refractivity contribution in [2.24, 2.45) is 0 Å². The van der Waals surface area contributed by atoms with Crippen molar-refractivity contribution in [1.82, 2.24) is 4.98 Å². The maximum Gasteiger partial charge on any atom is 0.274 e. The van der Waals surface area contributed by atoms with Crippen LogP contribution in [0.1, 0.15) is 23.0 Å². The molecule has 0 radical (unpaired) electrons. The Morgan fingerprint density at radius 1 is 0.862 bits per heavy atom. The van der Waals surface area contributed by atoms with E-state index >= 15 is 0 Å². The Hall–Kier alpha value is -3.87. The van der Waals surface area contributed by atoms with Gasteiger partial charge >= 0.3 is 0 Å². The predicted molar refractivity (Wildman–Crippen MR) is 113 cm³/mol. The standard InChI is InChI=1S/C22H22N4O3/c1-15(27)25-17-5-7-18(8-6-17)26-22(28)21-12-9-19(14-24-21)23-13-16-3-10-20(29-2)11-4-16/h3-12,14,23H,13H2,1-2H3,(H,25,27)(H,26,28). The number of anilines is 3. The summed E-state index contributed by atoms with van der Waals surface area (Å²) in [4.78, 5) is 27.6. The second kappa shape index (κ2) is 9.36. The molecule has 7 heteroatoms. The fourth-order valence-corrected chi connectivity index (χ4v) is 2.62. The first-order valence-corrected chi connectivity index (χ1v) is 9.05. The van der Waals surface area contributed by atoms with Crippen LogP contribution in [0.25, 0.3) is 0 Å². The number of carbonyl (C=O) groups excluding carboxylic acids is 2. The van der Waals surface area contributed by atoms with Crippen molar-refractivity contribution in [3.8, 4) is 5.75 Å². The van der Waals surface area contributed by atoms with Crippen LogP contribution in [0.5, 0.6) is 5.75 Å². The van der Waals surface area contributed by atoms with E-state index in [-0.39, 0.29) is 11.8 Å². The zero-order valence-electron chi connectivity index (χ0n) is 16.2. The third kappa shape index (κ3) is 5.80. The van der Waals surface area contributed by atoms with Crippen LogP contribution >= 0.6 is 0 Å². The maximum absolute atomic E-state index is 12.4. The van der Waals surface area contributed by atoms with Gasteiger partial charge in [-0.15, -0.1) is 0 Å². The molecular formula is C22H22N4O3. The van der Waals surface area contributed by atoms with E-state index in [1.54, 1.807) is 43.6 Å². The number of nitrogens with one attached hydrogen (secondary N) is 3. The minimum Gasteiger partial charge on any atom is -0.497 e. The van der Waals surface area contributed by atoms with E-state index in [0.717, 1.165) is 17.0 Å². The summed E-state index contributed by atoms with van der Waals surface area (Å²) in [5.74, 6) is 0.362. The minimum atomic E-state index is -0.306. The van der Waals surface area contributed by atoms with E-state index in [4.69, 9.17) is 4.74 Å². The summed E-state index contributed by atoms with van der Waals surface area (Å²) in [6, 6.07) is 18.1. The van der Waals surface area contributed by atoms with Crippen LogP contribution in [0.2, 0.25) is 0 Å². The first-order chi connectivity index (χ1) is 14.0. The third-order valence-corrected chi connectivity index (χ3v) is 4.11. The molecule has 0 aliphatic rings. The van der Waals surface area contributed by atoms with Gasteiger partial charge in [0.25, 0.3) is 5.91 Å². The number of amides is 2. The second-order valence-electron chi connectivity index (χ2n) is 6.35. The molecule has 2 amide bonds. The number of hydrogen-bond acceptors (Lipinski definition) is 5. The number of methoxy groups -OCH3 is 1. The molecule has 0 saturated heterocycles. The van der Waals surface area contributed by atoms with Gasteiger partial charge in [-0.1, -0.05) is 12.1 Å². The lowest BCUT2D eigenvalue weighted by atomic mass is 10.2. The third-order valence-electron chi connectivity index (χ3n) is 4.11. The van der Waals surface area contributed by atoms with E-state index in [1.807, 2.05) is 30.3 Å². The van der Waals surface area contributed by atoms with Crippen LogP contribution < -0.4 is 20.7 Å². The molecule has 0 saturated carbocycles. The summed E-state index contributed by atoms with van der Waals surface area (Å²) in [5.41, 5.74) is 3.52. The van der Waals surface area contributed by atoms with Crippen LogP contribution in [0.15, 0.2) is 66.9 Å². The number of benzene rings is 2. The Morgan fingerprint density at radius 2 is 1.48 bits per heavy atom. The van der Waals surface area contributed by atoms with E-state index in [1.165, 1.54) is 6.92 Å². The quantitative estimate of drug-likeness (QED) is 0.569. The highest BCUT2D eigenvalue weighted by atomic mass is 16.5. The maximum atomic E-state index is 12.4. The number of hydrogen-bond donors (Lipinski definition) is 3. The first kappa shape index (κ1) is 19.9. The van der Waals surface area contributed by atoms with Crippen molar-refractivity contribution >= 4 is 28.9 Å². The lowest BCUT2D eigenvalue weighted by Gasteiger charge is -2.09. The van der Waals surface area contributed by atoms with Crippen LogP contribution in [-0.2, 0) is 11.3 Å². The SMILES string of the molecule is COc1ccc(CNc2ccc(C(=O)Nc3ccc(NC(C)=O)cc3)nc2)cc1. The van der Waals surface area contributed by atoms with Crippen LogP contribution in [0, 0.1) is 0 Å². The van der Waals surface area contributed by atoms with E-state index < -0.39 is 0 Å². The number of rotatable bonds is 7. The molecule has 3 rings (SSSR count). The molecule has 1 heterocycles. The molecule has 3 N–H and O–H groups in total. The summed E-state index contributed by atoms with van der Waals surface area (Å²) in [5, 5.41) is 8.72. The van der Waals surface area contributed by atoms with Gasteiger partial charge in [-0.25, -0.2) is 4.98 Å². The normalized spacial score (nSPS) is 10.1. The van der Waals surface area contributed by atoms with Crippen molar-refractivity contribution < 1.29 is 14.3 Å². The monoisotopic (exact) mass is 390 g/mol. The molecule has 0 aliphatic carbocycles. The highest BCUT2D eigenvalue weighted by molar-refractivity contribution is 6.03. The van der Waals surface area contributed by atoms with E-state index in [0.29, 0.717) is 23.6 Å². The molecule has 1 aromatic heterocycles. The smallest absolute Gasteiger partial charge is 0.274 e. The summed E-state index contributed by atoms with van der Waals surface area (Å²) >= 11 is 0. The highest BCUT2D eigenvalue weighted by Crippen LogP contribution is 2.16. The van der Waals surface area contributed by atoms with Gasteiger partial charge in [-0.05, 0) is 54.1 Å². The zero-order chi connectivity index (χ0) is 20.6. The molecule has 29 heavy (non-hydrogen) atoms. The summed E-state index contributed by atoms with van der Waals surface area (Å²) in [6.07, 6.45) is 1.62. The Balaban J connectivity index is 1.54. The number of pyridine rings is 1. The molecule has 148 valence electrons. The van der Waals surface area contributed by atoms with Crippen molar-refractivity contribution in [1.29, 1.82) is 0 Å². The Morgan fingerprint density at radius 3 is 2.03 bits per heavy atom. The minimum absolute atomic E-state index is 0.147. The molecule has 2 aromatic carbocycles. The summed E-state index contributed by atoms with van der Waals surface area (Å²) in [7, 11) is 1.64. The van der Waals surface area contributed by atoms with E-state index in [2.05, 4.69) is 20.9 Å². The molecule has 0 atom stereocenters. The van der Waals surface area contributed by atoms with Crippen molar-refractivity contribution in [3.63, 3.8) is 0 Å². The Bertz CT molecular complexity index is 968. The lowest BCUT2D eigenvalue weighted by molar-refractivity contribution is -0.114. The first-order valence-electron chi connectivity index (χ1n) is 9.05. The number of carbonyl (C=O) groups is 2. The fourth-order valence-electron chi connectivity index (χ4n) is 2.62. The molecule has 3 aromatic rings. The van der Waals surface area contributed by atoms with Gasteiger partial charge in [0.1, 0.15) is 11.4 Å². The second-order valence-corrected chi connectivity index (χ2v) is 6.35. The fraction of sp³-hybridized carbons (Fsp3) is 0.136. The molecule has 0 fully saturated rings. The summed E-state index contributed by atoms with van der Waals surface area (Å²) < 4.78 is 5.15. The molecule has 0 spiro atoms. The molecular weight excluding hydrogens is 368 g/mol. The highest BCUT2D eigenvalue weighted by Gasteiger charge is 2.08. The van der Waals surface area contributed by atoms with Gasteiger partial charge in [-0.3, -0.25) is 9.59 Å². The average Bonchev–Trinajstić information content (AvgIpc) is 2.74. The van der Waals surface area contributed by atoms with Gasteiger partial charge in [0.05, 0.1) is 19.0 Å². The lowest BCUT2D eigenvalue weighted by Crippen LogP contribution is -2.14. The van der Waals surface area contributed by atoms with Crippen molar-refractivity contribution in [2.45, 2.75) is 13.5 Å². The topological polar surface area (TPSA) is 92.4 Å². The number of ether oxygens (including phenoxy) is 1. The number of aromatic nitrogens is 1. The molecule has 0 bridgehead atoms. The zero-order valence-corrected chi connectivity index (χ0v) is 16.2. The van der Waals surface area contributed by atoms with Gasteiger partial charge in [0.2, 0.25) is 5.91 Å². The largest absolute Gasteiger partial charge is 0.497 e. The predicted octanol–water partition coefficient (Wildman–Crippen LogP) is 3.91.